The summed E-state index contributed by atoms with van der Waals surface area (Å²) in [7, 11) is 4.64. The van der Waals surface area contributed by atoms with Crippen molar-refractivity contribution in [1.82, 2.24) is 5.32 Å². The van der Waals surface area contributed by atoms with Crippen molar-refractivity contribution in [3.05, 3.63) is 53.1 Å². The van der Waals surface area contributed by atoms with Crippen molar-refractivity contribution in [2.75, 3.05) is 21.3 Å². The first-order chi connectivity index (χ1) is 12.5. The molecule has 2 rings (SSSR count). The number of nitrogens with one attached hydrogen (secondary N) is 1. The maximum atomic E-state index is 11.6. The molecule has 0 bridgehead atoms. The Morgan fingerprint density at radius 2 is 1.58 bits per heavy atom. The van der Waals surface area contributed by atoms with Gasteiger partial charge in [-0.2, -0.15) is 0 Å². The highest BCUT2D eigenvalue weighted by atomic mass is 16.5. The summed E-state index contributed by atoms with van der Waals surface area (Å²) in [5.41, 5.74) is 2.96. The number of aliphatic carboxylic acids is 1. The molecule has 0 saturated carbocycles. The maximum absolute atomic E-state index is 11.6. The third kappa shape index (κ3) is 4.89. The zero-order valence-corrected chi connectivity index (χ0v) is 15.5. The molecule has 0 spiro atoms. The van der Waals surface area contributed by atoms with Crippen LogP contribution in [0.3, 0.4) is 0 Å². The van der Waals surface area contributed by atoms with E-state index < -0.39 is 12.0 Å². The van der Waals surface area contributed by atoms with Crippen molar-refractivity contribution < 1.29 is 24.1 Å². The van der Waals surface area contributed by atoms with E-state index in [1.807, 2.05) is 31.2 Å². The molecule has 0 aliphatic rings. The van der Waals surface area contributed by atoms with Gasteiger partial charge in [0, 0.05) is 6.54 Å². The molecule has 0 heterocycles. The number of ether oxygens (including phenoxy) is 3. The summed E-state index contributed by atoms with van der Waals surface area (Å²) in [5, 5.41) is 12.6. The lowest BCUT2D eigenvalue weighted by Gasteiger charge is -2.17. The number of carboxylic acid groups (broad SMARTS) is 1. The summed E-state index contributed by atoms with van der Waals surface area (Å²) in [6.45, 7) is 2.36. The van der Waals surface area contributed by atoms with Crippen molar-refractivity contribution in [3.63, 3.8) is 0 Å². The van der Waals surface area contributed by atoms with Gasteiger partial charge >= 0.3 is 5.97 Å². The Balaban J connectivity index is 2.13. The standard InChI is InChI=1S/C20H25NO5/c1-13-5-7-14(8-6-13)9-16(20(22)23)21-12-15-10-17(24-2)19(26-4)18(11-15)25-3/h5-8,10-11,16,21H,9,12H2,1-4H3,(H,22,23). The highest BCUT2D eigenvalue weighted by molar-refractivity contribution is 5.74. The fraction of sp³-hybridized carbons (Fsp3) is 0.350. The van der Waals surface area contributed by atoms with Crippen LogP contribution in [-0.4, -0.2) is 38.4 Å². The summed E-state index contributed by atoms with van der Waals surface area (Å²) in [6, 6.07) is 10.8. The van der Waals surface area contributed by atoms with Crippen molar-refractivity contribution in [2.24, 2.45) is 0 Å². The normalized spacial score (nSPS) is 11.7. The topological polar surface area (TPSA) is 77.0 Å². The fourth-order valence-corrected chi connectivity index (χ4v) is 2.69. The molecule has 0 amide bonds. The molecule has 0 radical (unpaired) electrons. The summed E-state index contributed by atoms with van der Waals surface area (Å²) < 4.78 is 16.0. The van der Waals surface area contributed by atoms with Gasteiger partial charge in [0.2, 0.25) is 5.75 Å². The second kappa shape index (κ2) is 9.10. The Hall–Kier alpha value is -2.73. The highest BCUT2D eigenvalue weighted by Crippen LogP contribution is 2.38. The van der Waals surface area contributed by atoms with E-state index >= 15 is 0 Å². The van der Waals surface area contributed by atoms with E-state index in [9.17, 15) is 9.90 Å². The lowest BCUT2D eigenvalue weighted by atomic mass is 10.0. The SMILES string of the molecule is COc1cc(CNC(Cc2ccc(C)cc2)C(=O)O)cc(OC)c1OC. The van der Waals surface area contributed by atoms with Gasteiger partial charge in [-0.15, -0.1) is 0 Å². The van der Waals surface area contributed by atoms with Gasteiger partial charge in [0.15, 0.2) is 11.5 Å². The lowest BCUT2D eigenvalue weighted by Crippen LogP contribution is -2.38. The minimum atomic E-state index is -0.891. The Kier molecular flexibility index (Phi) is 6.86. The largest absolute Gasteiger partial charge is 0.493 e. The van der Waals surface area contributed by atoms with Crippen LogP contribution in [0.25, 0.3) is 0 Å². The number of hydrogen-bond acceptors (Lipinski definition) is 5. The smallest absolute Gasteiger partial charge is 0.321 e. The molecule has 0 aliphatic carbocycles. The number of hydrogen-bond donors (Lipinski definition) is 2. The number of methoxy groups -OCH3 is 3. The molecule has 26 heavy (non-hydrogen) atoms. The minimum absolute atomic E-state index is 0.361. The van der Waals surface area contributed by atoms with Crippen LogP contribution in [0.1, 0.15) is 16.7 Å². The van der Waals surface area contributed by atoms with Crippen molar-refractivity contribution in [3.8, 4) is 17.2 Å². The summed E-state index contributed by atoms with van der Waals surface area (Å²) in [4.78, 5) is 11.6. The van der Waals surface area contributed by atoms with Crippen molar-refractivity contribution in [2.45, 2.75) is 25.9 Å². The van der Waals surface area contributed by atoms with E-state index in [0.717, 1.165) is 16.7 Å². The zero-order chi connectivity index (χ0) is 19.1. The van der Waals surface area contributed by atoms with Gasteiger partial charge in [0.1, 0.15) is 6.04 Å². The molecule has 6 heteroatoms. The van der Waals surface area contributed by atoms with Gasteiger partial charge in [0.25, 0.3) is 0 Å². The van der Waals surface area contributed by atoms with Crippen LogP contribution >= 0.6 is 0 Å². The minimum Gasteiger partial charge on any atom is -0.493 e. The molecule has 140 valence electrons. The van der Waals surface area contributed by atoms with Crippen molar-refractivity contribution >= 4 is 5.97 Å². The fourth-order valence-electron chi connectivity index (χ4n) is 2.69. The molecule has 0 fully saturated rings. The number of benzene rings is 2. The van der Waals surface area contributed by atoms with Crippen LogP contribution in [0.5, 0.6) is 17.2 Å². The van der Waals surface area contributed by atoms with Crippen LogP contribution in [-0.2, 0) is 17.8 Å². The molecule has 0 aliphatic heterocycles. The average Bonchev–Trinajstić information content (AvgIpc) is 2.65. The molecule has 0 aromatic heterocycles. The summed E-state index contributed by atoms with van der Waals surface area (Å²) in [5.74, 6) is 0.689. The van der Waals surface area contributed by atoms with E-state index in [0.29, 0.717) is 30.2 Å². The van der Waals surface area contributed by atoms with E-state index in [1.54, 1.807) is 33.5 Å². The van der Waals surface area contributed by atoms with E-state index in [2.05, 4.69) is 5.32 Å². The Morgan fingerprint density at radius 3 is 2.04 bits per heavy atom. The molecule has 2 aromatic carbocycles. The Bertz CT molecular complexity index is 717. The molecule has 1 unspecified atom stereocenters. The molecule has 6 nitrogen and oxygen atoms in total. The second-order valence-corrected chi connectivity index (χ2v) is 6.00. The first-order valence-corrected chi connectivity index (χ1v) is 8.29. The highest BCUT2D eigenvalue weighted by Gasteiger charge is 2.19. The van der Waals surface area contributed by atoms with Gasteiger partial charge in [0.05, 0.1) is 21.3 Å². The molecular weight excluding hydrogens is 334 g/mol. The van der Waals surface area contributed by atoms with Gasteiger partial charge in [-0.3, -0.25) is 4.79 Å². The summed E-state index contributed by atoms with van der Waals surface area (Å²) in [6.07, 6.45) is 0.403. The first-order valence-electron chi connectivity index (χ1n) is 8.29. The molecule has 2 N–H and O–H groups in total. The average molecular weight is 359 g/mol. The van der Waals surface area contributed by atoms with Crippen molar-refractivity contribution in [1.29, 1.82) is 0 Å². The van der Waals surface area contributed by atoms with E-state index in [-0.39, 0.29) is 0 Å². The van der Waals surface area contributed by atoms with Gasteiger partial charge < -0.3 is 24.6 Å². The quantitative estimate of drug-likeness (QED) is 0.717. The predicted octanol–water partition coefficient (Wildman–Crippen LogP) is 2.81. The second-order valence-electron chi connectivity index (χ2n) is 6.00. The molecule has 0 saturated heterocycles. The number of carbonyl (C=O) groups is 1. The van der Waals surface area contributed by atoms with Crippen LogP contribution in [0.2, 0.25) is 0 Å². The van der Waals surface area contributed by atoms with Crippen LogP contribution in [0, 0.1) is 6.92 Å². The zero-order valence-electron chi connectivity index (χ0n) is 15.5. The van der Waals surface area contributed by atoms with Gasteiger partial charge in [-0.05, 0) is 36.6 Å². The molecule has 1 atom stereocenters. The molecule has 2 aromatic rings. The first kappa shape index (κ1) is 19.6. The monoisotopic (exact) mass is 359 g/mol. The van der Waals surface area contributed by atoms with E-state index in [4.69, 9.17) is 14.2 Å². The van der Waals surface area contributed by atoms with Gasteiger partial charge in [-0.1, -0.05) is 29.8 Å². The third-order valence-corrected chi connectivity index (χ3v) is 4.14. The van der Waals surface area contributed by atoms with Gasteiger partial charge in [-0.25, -0.2) is 0 Å². The number of carboxylic acids is 1. The number of rotatable bonds is 9. The van der Waals surface area contributed by atoms with Crippen LogP contribution < -0.4 is 19.5 Å². The van der Waals surface area contributed by atoms with Crippen LogP contribution in [0.4, 0.5) is 0 Å². The Morgan fingerprint density at radius 1 is 1.00 bits per heavy atom. The predicted molar refractivity (Wildman–Crippen MR) is 99.2 cm³/mol. The Labute approximate surface area is 153 Å². The summed E-state index contributed by atoms with van der Waals surface area (Å²) >= 11 is 0. The third-order valence-electron chi connectivity index (χ3n) is 4.14. The maximum Gasteiger partial charge on any atom is 0.321 e. The van der Waals surface area contributed by atoms with E-state index in [1.165, 1.54) is 0 Å². The van der Waals surface area contributed by atoms with Crippen LogP contribution in [0.15, 0.2) is 36.4 Å². The lowest BCUT2D eigenvalue weighted by molar-refractivity contribution is -0.139. The number of aryl methyl sites for hydroxylation is 1. The molecular formula is C20H25NO5.